The quantitative estimate of drug-likeness (QED) is 0.235. The normalized spacial score (nSPS) is 17.1. The Labute approximate surface area is 226 Å². The second-order valence-corrected chi connectivity index (χ2v) is 11.2. The highest BCUT2D eigenvalue weighted by atomic mass is 32.2. The molecular weight excluding hydrogens is 498 g/mol. The van der Waals surface area contributed by atoms with E-state index < -0.39 is 5.79 Å². The first-order valence-corrected chi connectivity index (χ1v) is 14.4. The van der Waals surface area contributed by atoms with E-state index in [1.54, 1.807) is 11.8 Å². The van der Waals surface area contributed by atoms with E-state index in [4.69, 9.17) is 14.5 Å². The van der Waals surface area contributed by atoms with Crippen LogP contribution in [0.1, 0.15) is 43.2 Å². The molecular formula is C29H33N5O3S. The number of ether oxygens (including phenoxy) is 2. The lowest BCUT2D eigenvalue weighted by Gasteiger charge is -2.37. The second kappa shape index (κ2) is 11.0. The van der Waals surface area contributed by atoms with Crippen molar-refractivity contribution in [3.8, 4) is 0 Å². The van der Waals surface area contributed by atoms with Gasteiger partial charge >= 0.3 is 0 Å². The summed E-state index contributed by atoms with van der Waals surface area (Å²) in [5.41, 5.74) is 5.28. The minimum atomic E-state index is -0.436. The van der Waals surface area contributed by atoms with E-state index >= 15 is 0 Å². The monoisotopic (exact) mass is 531 g/mol. The molecule has 38 heavy (non-hydrogen) atoms. The fraction of sp³-hybridized carbons (Fsp3) is 0.448. The molecule has 2 aliphatic heterocycles. The lowest BCUT2D eigenvalue weighted by molar-refractivity contribution is -0.187. The Balaban J connectivity index is 1.06. The van der Waals surface area contributed by atoms with Gasteiger partial charge in [0.05, 0.1) is 18.7 Å². The summed E-state index contributed by atoms with van der Waals surface area (Å²) in [5.74, 6) is 0.639. The third-order valence-electron chi connectivity index (χ3n) is 7.49. The summed E-state index contributed by atoms with van der Waals surface area (Å²) in [4.78, 5) is 19.6. The number of unbranched alkanes of at least 4 members (excludes halogenated alkanes) is 1. The Kier molecular flexibility index (Phi) is 7.32. The highest BCUT2D eigenvalue weighted by molar-refractivity contribution is 7.99. The van der Waals surface area contributed by atoms with Gasteiger partial charge in [-0.25, -0.2) is 4.98 Å². The molecule has 8 nitrogen and oxygen atoms in total. The number of amides is 1. The number of thioether (sulfide) groups is 1. The molecule has 1 spiro atoms. The van der Waals surface area contributed by atoms with Gasteiger partial charge in [0.2, 0.25) is 11.1 Å². The molecule has 1 amide bonds. The van der Waals surface area contributed by atoms with Gasteiger partial charge in [0, 0.05) is 50.0 Å². The summed E-state index contributed by atoms with van der Waals surface area (Å²) >= 11 is 1.61. The van der Waals surface area contributed by atoms with E-state index in [-0.39, 0.29) is 5.91 Å². The van der Waals surface area contributed by atoms with Crippen LogP contribution >= 0.6 is 11.8 Å². The third kappa shape index (κ3) is 5.28. The molecule has 2 saturated heterocycles. The van der Waals surface area contributed by atoms with E-state index in [9.17, 15) is 4.79 Å². The topological polar surface area (TPSA) is 82.4 Å². The fourth-order valence-corrected chi connectivity index (χ4v) is 6.27. The molecule has 4 aromatic rings. The van der Waals surface area contributed by atoms with Crippen molar-refractivity contribution in [2.24, 2.45) is 0 Å². The van der Waals surface area contributed by atoms with Gasteiger partial charge in [0.25, 0.3) is 0 Å². The maximum atomic E-state index is 12.7. The van der Waals surface area contributed by atoms with Crippen LogP contribution in [-0.2, 0) is 20.8 Å². The zero-order valence-corrected chi connectivity index (χ0v) is 22.6. The van der Waals surface area contributed by atoms with Gasteiger partial charge in [-0.3, -0.25) is 4.79 Å². The van der Waals surface area contributed by atoms with Gasteiger partial charge in [-0.15, -0.1) is 10.2 Å². The number of hydrogen-bond acceptors (Lipinski definition) is 7. The molecule has 0 saturated carbocycles. The van der Waals surface area contributed by atoms with E-state index in [1.165, 1.54) is 11.1 Å². The number of aryl methyl sites for hydroxylation is 1. The molecule has 2 aliphatic rings. The van der Waals surface area contributed by atoms with Gasteiger partial charge in [-0.05, 0) is 31.4 Å². The van der Waals surface area contributed by atoms with Crippen molar-refractivity contribution in [2.45, 2.75) is 56.5 Å². The number of nitrogens with zero attached hydrogens (tertiary/aromatic N) is 5. The average molecular weight is 532 g/mol. The molecule has 6 rings (SSSR count). The molecule has 0 aliphatic carbocycles. The minimum absolute atomic E-state index is 0.225. The summed E-state index contributed by atoms with van der Waals surface area (Å²) in [6.07, 6.45) is 3.88. The van der Waals surface area contributed by atoms with Crippen molar-refractivity contribution in [1.29, 1.82) is 0 Å². The Morgan fingerprint density at radius 2 is 1.84 bits per heavy atom. The van der Waals surface area contributed by atoms with Gasteiger partial charge in [0.15, 0.2) is 11.4 Å². The Bertz CT molecular complexity index is 1440. The van der Waals surface area contributed by atoms with Crippen molar-refractivity contribution < 1.29 is 14.3 Å². The Morgan fingerprint density at radius 3 is 2.66 bits per heavy atom. The van der Waals surface area contributed by atoms with Crippen LogP contribution in [0.3, 0.4) is 0 Å². The predicted octanol–water partition coefficient (Wildman–Crippen LogP) is 4.96. The highest BCUT2D eigenvalue weighted by Crippen LogP contribution is 2.32. The molecule has 0 atom stereocenters. The number of hydrogen-bond donors (Lipinski definition) is 0. The van der Waals surface area contributed by atoms with Crippen molar-refractivity contribution in [2.75, 3.05) is 32.1 Å². The van der Waals surface area contributed by atoms with Crippen LogP contribution in [0.25, 0.3) is 22.1 Å². The van der Waals surface area contributed by atoms with Crippen LogP contribution in [0.2, 0.25) is 0 Å². The number of carbonyl (C=O) groups excluding carboxylic acids is 1. The number of aromatic nitrogens is 4. The van der Waals surface area contributed by atoms with Crippen molar-refractivity contribution >= 4 is 39.7 Å². The van der Waals surface area contributed by atoms with Crippen molar-refractivity contribution in [3.05, 3.63) is 59.7 Å². The van der Waals surface area contributed by atoms with Crippen molar-refractivity contribution in [3.63, 3.8) is 0 Å². The summed E-state index contributed by atoms with van der Waals surface area (Å²) in [6.45, 7) is 5.59. The maximum absolute atomic E-state index is 12.7. The number of benzene rings is 2. The largest absolute Gasteiger partial charge is 0.347 e. The molecule has 0 unspecified atom stereocenters. The molecule has 198 valence electrons. The number of rotatable bonds is 8. The minimum Gasteiger partial charge on any atom is -0.347 e. The second-order valence-electron chi connectivity index (χ2n) is 10.2. The molecule has 0 bridgehead atoms. The summed E-state index contributed by atoms with van der Waals surface area (Å²) in [5, 5.41) is 10.7. The van der Waals surface area contributed by atoms with Gasteiger partial charge in [-0.1, -0.05) is 59.8 Å². The third-order valence-corrected chi connectivity index (χ3v) is 8.41. The van der Waals surface area contributed by atoms with E-state index in [2.05, 4.69) is 64.2 Å². The lowest BCUT2D eigenvalue weighted by atomic mass is 10.0. The first-order valence-electron chi connectivity index (χ1n) is 13.5. The summed E-state index contributed by atoms with van der Waals surface area (Å²) < 4.78 is 13.8. The summed E-state index contributed by atoms with van der Waals surface area (Å²) in [7, 11) is 0. The van der Waals surface area contributed by atoms with Crippen LogP contribution in [-0.4, -0.2) is 68.4 Å². The molecule has 2 aromatic heterocycles. The Morgan fingerprint density at radius 1 is 1.03 bits per heavy atom. The standard InChI is InChI=1S/C29H33N5O3S/c1-21-7-6-8-22(19-21)20-34-24-10-3-2-9-23(24)26-27(34)30-28(32-31-26)38-18-5-4-11-25(35)33-14-12-29(13-15-33)36-16-17-37-29/h2-3,6-10,19H,4-5,11-18,20H2,1H3. The number of likely N-dealkylation sites (tertiary alicyclic amines) is 1. The maximum Gasteiger partial charge on any atom is 0.222 e. The predicted molar refractivity (Wildman–Crippen MR) is 148 cm³/mol. The van der Waals surface area contributed by atoms with Crippen LogP contribution in [0.15, 0.2) is 53.7 Å². The SMILES string of the molecule is Cc1cccc(Cn2c3ccccc3c3nnc(SCCCCC(=O)N4CCC5(CC4)OCCO5)nc32)c1. The van der Waals surface area contributed by atoms with Crippen LogP contribution in [0.4, 0.5) is 0 Å². The first-order chi connectivity index (χ1) is 18.6. The number of para-hydroxylation sites is 1. The van der Waals surface area contributed by atoms with Crippen LogP contribution < -0.4 is 0 Å². The number of fused-ring (bicyclic) bond motifs is 3. The molecule has 9 heteroatoms. The smallest absolute Gasteiger partial charge is 0.222 e. The zero-order valence-electron chi connectivity index (χ0n) is 21.8. The number of carbonyl (C=O) groups is 1. The highest BCUT2D eigenvalue weighted by Gasteiger charge is 2.40. The van der Waals surface area contributed by atoms with Crippen LogP contribution in [0.5, 0.6) is 0 Å². The van der Waals surface area contributed by atoms with Gasteiger partial charge in [-0.2, -0.15) is 0 Å². The lowest BCUT2D eigenvalue weighted by Crippen LogP contribution is -2.47. The zero-order chi connectivity index (χ0) is 26.0. The molecule has 0 N–H and O–H groups in total. The molecule has 0 radical (unpaired) electrons. The van der Waals surface area contributed by atoms with E-state index in [1.807, 2.05) is 11.0 Å². The van der Waals surface area contributed by atoms with Crippen molar-refractivity contribution in [1.82, 2.24) is 24.6 Å². The van der Waals surface area contributed by atoms with Gasteiger partial charge < -0.3 is 18.9 Å². The molecule has 2 fully saturated rings. The van der Waals surface area contributed by atoms with E-state index in [0.717, 1.165) is 60.0 Å². The molecule has 2 aromatic carbocycles. The fourth-order valence-electron chi connectivity index (χ4n) is 5.49. The first kappa shape index (κ1) is 25.3. The summed E-state index contributed by atoms with van der Waals surface area (Å²) in [6, 6.07) is 16.9. The van der Waals surface area contributed by atoms with E-state index in [0.29, 0.717) is 37.9 Å². The number of piperidine rings is 1. The Hall–Kier alpha value is -3.01. The average Bonchev–Trinajstić information content (AvgIpc) is 3.51. The van der Waals surface area contributed by atoms with Gasteiger partial charge in [0.1, 0.15) is 5.52 Å². The molecule has 4 heterocycles. The van der Waals surface area contributed by atoms with Crippen LogP contribution in [0, 0.1) is 6.92 Å².